The summed E-state index contributed by atoms with van der Waals surface area (Å²) in [6.45, 7) is 3.16. The molecule has 0 saturated heterocycles. The first-order valence-electron chi connectivity index (χ1n) is 2.14. The van der Waals surface area contributed by atoms with Gasteiger partial charge in [0.2, 0.25) is 6.54 Å². The highest BCUT2D eigenvalue weighted by molar-refractivity contribution is 4.87. The molecule has 0 unspecified atom stereocenters. The van der Waals surface area contributed by atoms with Gasteiger partial charge in [0, 0.05) is 12.0 Å². The maximum atomic E-state index is 9.67. The largest absolute Gasteiger partial charge is 0.387 e. The Morgan fingerprint density at radius 3 is 2.62 bits per heavy atom. The second-order valence-electron chi connectivity index (χ2n) is 1.34. The fourth-order valence-electron chi connectivity index (χ4n) is 0.235. The van der Waals surface area contributed by atoms with E-state index in [1.807, 2.05) is 0 Å². The van der Waals surface area contributed by atoms with Crippen molar-refractivity contribution in [3.05, 3.63) is 22.4 Å². The van der Waals surface area contributed by atoms with E-state index in [2.05, 4.69) is 11.9 Å². The molecule has 0 rings (SSSR count). The summed E-state index contributed by atoms with van der Waals surface area (Å²) in [5, 5.41) is 12.2. The van der Waals surface area contributed by atoms with Crippen LogP contribution in [-0.2, 0) is 0 Å². The van der Waals surface area contributed by atoms with Crippen LogP contribution in [-0.4, -0.2) is 18.5 Å². The number of rotatable bonds is 3. The second kappa shape index (κ2) is 3.01. The fraction of sp³-hybridized carbons (Fsp3) is 0.500. The van der Waals surface area contributed by atoms with E-state index in [0.29, 0.717) is 5.70 Å². The topological polar surface area (TPSA) is 55.2 Å². The van der Waals surface area contributed by atoms with Crippen LogP contribution in [0.4, 0.5) is 0 Å². The summed E-state index contributed by atoms with van der Waals surface area (Å²) in [7, 11) is 1.60. The van der Waals surface area contributed by atoms with Crippen LogP contribution in [0.5, 0.6) is 0 Å². The zero-order valence-corrected chi connectivity index (χ0v) is 4.68. The lowest BCUT2D eigenvalue weighted by Gasteiger charge is -1.94. The molecule has 0 aromatic heterocycles. The Hall–Kier alpha value is -1.06. The molecule has 46 valence electrons. The third-order valence-corrected chi connectivity index (χ3v) is 0.674. The van der Waals surface area contributed by atoms with Crippen LogP contribution in [0.3, 0.4) is 0 Å². The molecule has 0 saturated carbocycles. The van der Waals surface area contributed by atoms with Gasteiger partial charge in [-0.3, -0.25) is 10.1 Å². The van der Waals surface area contributed by atoms with Crippen molar-refractivity contribution in [3.8, 4) is 0 Å². The number of likely N-dealkylation sites (N-methyl/N-ethyl adjacent to an activating group) is 1. The Morgan fingerprint density at radius 2 is 2.50 bits per heavy atom. The number of nitrogens with one attached hydrogen (secondary N) is 1. The summed E-state index contributed by atoms with van der Waals surface area (Å²) in [6.07, 6.45) is 0. The normalized spacial score (nSPS) is 8.12. The van der Waals surface area contributed by atoms with E-state index in [0.717, 1.165) is 0 Å². The van der Waals surface area contributed by atoms with Crippen molar-refractivity contribution in [2.75, 3.05) is 13.6 Å². The fourth-order valence-corrected chi connectivity index (χ4v) is 0.235. The van der Waals surface area contributed by atoms with E-state index in [4.69, 9.17) is 0 Å². The van der Waals surface area contributed by atoms with Gasteiger partial charge in [0.1, 0.15) is 0 Å². The summed E-state index contributed by atoms with van der Waals surface area (Å²) in [5.74, 6) is 0. The SMILES string of the molecule is C=C(C[N+](=O)[O-])NC. The Balaban J connectivity index is 3.40. The molecule has 0 radical (unpaired) electrons. The molecule has 4 nitrogen and oxygen atoms in total. The Kier molecular flexibility index (Phi) is 2.61. The molecule has 0 spiro atoms. The molecular formula is C4H8N2O2. The van der Waals surface area contributed by atoms with Crippen molar-refractivity contribution in [2.45, 2.75) is 0 Å². The molecule has 0 fully saturated rings. The molecule has 0 aromatic rings. The van der Waals surface area contributed by atoms with Gasteiger partial charge >= 0.3 is 0 Å². The minimum atomic E-state index is -0.432. The van der Waals surface area contributed by atoms with Crippen molar-refractivity contribution in [3.63, 3.8) is 0 Å². The molecule has 0 aromatic carbocycles. The zero-order valence-electron chi connectivity index (χ0n) is 4.68. The summed E-state index contributed by atoms with van der Waals surface area (Å²) in [5.41, 5.74) is 0.426. The maximum Gasteiger partial charge on any atom is 0.242 e. The van der Waals surface area contributed by atoms with Crippen LogP contribution in [0, 0.1) is 10.1 Å². The molecule has 8 heavy (non-hydrogen) atoms. The first-order valence-corrected chi connectivity index (χ1v) is 2.14. The van der Waals surface area contributed by atoms with Crippen molar-refractivity contribution in [1.82, 2.24) is 5.32 Å². The van der Waals surface area contributed by atoms with Gasteiger partial charge in [0.25, 0.3) is 0 Å². The molecule has 0 heterocycles. The molecule has 0 aliphatic heterocycles. The predicted octanol–water partition coefficient (Wildman–Crippen LogP) is -0.00380. The van der Waals surface area contributed by atoms with Gasteiger partial charge in [-0.1, -0.05) is 6.58 Å². The van der Waals surface area contributed by atoms with Gasteiger partial charge in [0.15, 0.2) is 0 Å². The zero-order chi connectivity index (χ0) is 6.57. The Morgan fingerprint density at radius 1 is 2.00 bits per heavy atom. The maximum absolute atomic E-state index is 9.67. The highest BCUT2D eigenvalue weighted by atomic mass is 16.6. The van der Waals surface area contributed by atoms with E-state index >= 15 is 0 Å². The minimum Gasteiger partial charge on any atom is -0.387 e. The molecule has 4 heteroatoms. The van der Waals surface area contributed by atoms with Crippen molar-refractivity contribution < 1.29 is 4.92 Å². The summed E-state index contributed by atoms with van der Waals surface area (Å²) < 4.78 is 0. The average Bonchev–Trinajstić information content (AvgIpc) is 1.65. The summed E-state index contributed by atoms with van der Waals surface area (Å²) in [4.78, 5) is 9.24. The molecule has 0 atom stereocenters. The minimum absolute atomic E-state index is 0.198. The molecule has 0 aliphatic rings. The lowest BCUT2D eigenvalue weighted by atomic mass is 10.5. The second-order valence-corrected chi connectivity index (χ2v) is 1.34. The first kappa shape index (κ1) is 6.94. The van der Waals surface area contributed by atoms with E-state index in [-0.39, 0.29) is 6.54 Å². The monoisotopic (exact) mass is 116 g/mol. The quantitative estimate of drug-likeness (QED) is 0.417. The van der Waals surface area contributed by atoms with Crippen LogP contribution in [0.1, 0.15) is 0 Å². The van der Waals surface area contributed by atoms with E-state index < -0.39 is 4.92 Å². The number of nitro groups is 1. The van der Waals surface area contributed by atoms with E-state index in [9.17, 15) is 10.1 Å². The van der Waals surface area contributed by atoms with Gasteiger partial charge < -0.3 is 5.32 Å². The van der Waals surface area contributed by atoms with Gasteiger partial charge in [-0.2, -0.15) is 0 Å². The third-order valence-electron chi connectivity index (χ3n) is 0.674. The average molecular weight is 116 g/mol. The molecule has 0 aliphatic carbocycles. The first-order chi connectivity index (χ1) is 3.66. The Bertz CT molecular complexity index is 111. The summed E-state index contributed by atoms with van der Waals surface area (Å²) >= 11 is 0. The van der Waals surface area contributed by atoms with Crippen molar-refractivity contribution in [2.24, 2.45) is 0 Å². The van der Waals surface area contributed by atoms with Crippen LogP contribution in [0.2, 0.25) is 0 Å². The van der Waals surface area contributed by atoms with Crippen molar-refractivity contribution >= 4 is 0 Å². The Labute approximate surface area is 47.3 Å². The van der Waals surface area contributed by atoms with Gasteiger partial charge in [-0.05, 0) is 0 Å². The predicted molar refractivity (Wildman–Crippen MR) is 30.1 cm³/mol. The number of nitrogens with zero attached hydrogens (tertiary/aromatic N) is 1. The van der Waals surface area contributed by atoms with Crippen LogP contribution >= 0.6 is 0 Å². The molecule has 1 N–H and O–H groups in total. The van der Waals surface area contributed by atoms with Crippen LogP contribution < -0.4 is 5.32 Å². The van der Waals surface area contributed by atoms with Crippen LogP contribution in [0.15, 0.2) is 12.3 Å². The van der Waals surface area contributed by atoms with E-state index in [1.54, 1.807) is 7.05 Å². The van der Waals surface area contributed by atoms with Crippen LogP contribution in [0.25, 0.3) is 0 Å². The van der Waals surface area contributed by atoms with Gasteiger partial charge in [0.05, 0.1) is 5.70 Å². The lowest BCUT2D eigenvalue weighted by molar-refractivity contribution is -0.471. The van der Waals surface area contributed by atoms with E-state index in [1.165, 1.54) is 0 Å². The smallest absolute Gasteiger partial charge is 0.242 e. The number of hydrogen-bond donors (Lipinski definition) is 1. The number of hydrogen-bond acceptors (Lipinski definition) is 3. The molecule has 0 amide bonds. The lowest BCUT2D eigenvalue weighted by Crippen LogP contribution is -2.14. The highest BCUT2D eigenvalue weighted by Crippen LogP contribution is 1.79. The third kappa shape index (κ3) is 3.14. The standard InChI is InChI=1S/C4H8N2O2/c1-4(5-2)3-6(7)8/h5H,1,3H2,2H3. The van der Waals surface area contributed by atoms with Gasteiger partial charge in [-0.15, -0.1) is 0 Å². The molecule has 0 bridgehead atoms. The van der Waals surface area contributed by atoms with Gasteiger partial charge in [-0.25, -0.2) is 0 Å². The van der Waals surface area contributed by atoms with Crippen molar-refractivity contribution in [1.29, 1.82) is 0 Å². The highest BCUT2D eigenvalue weighted by Gasteiger charge is 1.96. The molecular weight excluding hydrogens is 108 g/mol. The summed E-state index contributed by atoms with van der Waals surface area (Å²) in [6, 6.07) is 0.